The molecule has 2 amide bonds. The molecule has 0 aliphatic heterocycles. The van der Waals surface area contributed by atoms with Crippen LogP contribution >= 0.6 is 11.6 Å². The van der Waals surface area contributed by atoms with Gasteiger partial charge in [0, 0.05) is 26.2 Å². The molecule has 0 aliphatic carbocycles. The zero-order chi connectivity index (χ0) is 15.3. The molecule has 0 bridgehead atoms. The molecule has 0 radical (unpaired) electrons. The van der Waals surface area contributed by atoms with Crippen LogP contribution in [0.3, 0.4) is 0 Å². The summed E-state index contributed by atoms with van der Waals surface area (Å²) in [6.45, 7) is 2.36. The second kappa shape index (κ2) is 7.26. The van der Waals surface area contributed by atoms with Gasteiger partial charge in [0.25, 0.3) is 5.91 Å². The van der Waals surface area contributed by atoms with Crippen LogP contribution < -0.4 is 11.1 Å². The molecule has 1 unspecified atom stereocenters. The van der Waals surface area contributed by atoms with E-state index in [1.807, 2.05) is 6.92 Å². The largest absolute Gasteiger partial charge is 0.345 e. The minimum Gasteiger partial charge on any atom is -0.345 e. The average Bonchev–Trinajstić information content (AvgIpc) is 2.39. The molecule has 20 heavy (non-hydrogen) atoms. The van der Waals surface area contributed by atoms with E-state index < -0.39 is 0 Å². The van der Waals surface area contributed by atoms with E-state index in [2.05, 4.69) is 5.32 Å². The molecule has 6 heteroatoms. The minimum atomic E-state index is -0.207. The molecule has 0 heterocycles. The van der Waals surface area contributed by atoms with Gasteiger partial charge in [-0.25, -0.2) is 0 Å². The molecule has 1 aromatic rings. The number of carbonyl (C=O) groups is 2. The molecule has 0 fully saturated rings. The Hall–Kier alpha value is -1.59. The van der Waals surface area contributed by atoms with Gasteiger partial charge in [-0.15, -0.1) is 0 Å². The maximum absolute atomic E-state index is 11.9. The Morgan fingerprint density at radius 3 is 2.60 bits per heavy atom. The molecule has 3 N–H and O–H groups in total. The molecule has 0 aliphatic rings. The molecule has 5 nitrogen and oxygen atoms in total. The van der Waals surface area contributed by atoms with Gasteiger partial charge in [-0.1, -0.05) is 18.5 Å². The third-order valence-corrected chi connectivity index (χ3v) is 3.15. The zero-order valence-corrected chi connectivity index (χ0v) is 12.7. The van der Waals surface area contributed by atoms with Gasteiger partial charge in [-0.3, -0.25) is 9.59 Å². The smallest absolute Gasteiger partial charge is 0.254 e. The Bertz CT molecular complexity index is 503. The molecule has 1 aromatic carbocycles. The van der Waals surface area contributed by atoms with Crippen LogP contribution in [-0.4, -0.2) is 37.4 Å². The van der Waals surface area contributed by atoms with E-state index in [9.17, 15) is 9.59 Å². The summed E-state index contributed by atoms with van der Waals surface area (Å²) in [6, 6.07) is 4.84. The lowest BCUT2D eigenvalue weighted by Gasteiger charge is -2.14. The Balaban J connectivity index is 2.85. The molecular weight excluding hydrogens is 278 g/mol. The maximum Gasteiger partial charge on any atom is 0.254 e. The first-order chi connectivity index (χ1) is 9.35. The molecular formula is C14H20ClN3O2. The van der Waals surface area contributed by atoms with Crippen molar-refractivity contribution in [2.45, 2.75) is 13.3 Å². The van der Waals surface area contributed by atoms with E-state index in [1.54, 1.807) is 32.3 Å². The van der Waals surface area contributed by atoms with E-state index in [0.29, 0.717) is 29.2 Å². The highest BCUT2D eigenvalue weighted by Gasteiger charge is 2.14. The highest BCUT2D eigenvalue weighted by Crippen LogP contribution is 2.22. The number of carbonyl (C=O) groups excluding carboxylic acids is 2. The lowest BCUT2D eigenvalue weighted by molar-refractivity contribution is -0.116. The Labute approximate surface area is 124 Å². The van der Waals surface area contributed by atoms with Gasteiger partial charge in [-0.2, -0.15) is 0 Å². The van der Waals surface area contributed by atoms with E-state index in [1.165, 1.54) is 4.90 Å². The van der Waals surface area contributed by atoms with Gasteiger partial charge in [-0.05, 0) is 30.7 Å². The number of anilines is 1. The monoisotopic (exact) mass is 297 g/mol. The van der Waals surface area contributed by atoms with Crippen molar-refractivity contribution in [3.8, 4) is 0 Å². The van der Waals surface area contributed by atoms with Crippen LogP contribution in [0.2, 0.25) is 5.02 Å². The number of halogens is 1. The maximum atomic E-state index is 11.9. The quantitative estimate of drug-likeness (QED) is 0.872. The number of nitrogens with zero attached hydrogens (tertiary/aromatic N) is 1. The van der Waals surface area contributed by atoms with Crippen LogP contribution in [0.1, 0.15) is 23.7 Å². The predicted octanol–water partition coefficient (Wildman–Crippen LogP) is 1.97. The van der Waals surface area contributed by atoms with Crippen LogP contribution in [0.5, 0.6) is 0 Å². The standard InChI is InChI=1S/C14H20ClN3O2/c1-9(8-16)6-13(19)17-10-4-5-12(15)11(7-10)14(20)18(2)3/h4-5,7,9H,6,8,16H2,1-3H3,(H,17,19). The van der Waals surface area contributed by atoms with Crippen LogP contribution in [0.25, 0.3) is 0 Å². The normalized spacial score (nSPS) is 11.8. The molecule has 0 saturated heterocycles. The Kier molecular flexibility index (Phi) is 5.98. The third kappa shape index (κ3) is 4.51. The summed E-state index contributed by atoms with van der Waals surface area (Å²) < 4.78 is 0. The van der Waals surface area contributed by atoms with Crippen LogP contribution in [0, 0.1) is 5.92 Å². The topological polar surface area (TPSA) is 75.4 Å². The average molecular weight is 298 g/mol. The molecule has 1 rings (SSSR count). The minimum absolute atomic E-state index is 0.116. The fourth-order valence-electron chi connectivity index (χ4n) is 1.62. The molecule has 0 aromatic heterocycles. The summed E-state index contributed by atoms with van der Waals surface area (Å²) in [6.07, 6.45) is 0.343. The van der Waals surface area contributed by atoms with Crippen molar-refractivity contribution >= 4 is 29.1 Å². The van der Waals surface area contributed by atoms with Crippen molar-refractivity contribution in [3.05, 3.63) is 28.8 Å². The van der Waals surface area contributed by atoms with E-state index in [4.69, 9.17) is 17.3 Å². The number of hydrogen-bond acceptors (Lipinski definition) is 3. The highest BCUT2D eigenvalue weighted by molar-refractivity contribution is 6.34. The number of hydrogen-bond donors (Lipinski definition) is 2. The van der Waals surface area contributed by atoms with Crippen molar-refractivity contribution in [2.75, 3.05) is 26.0 Å². The zero-order valence-electron chi connectivity index (χ0n) is 11.9. The number of rotatable bonds is 5. The Morgan fingerprint density at radius 2 is 2.05 bits per heavy atom. The lowest BCUT2D eigenvalue weighted by atomic mass is 10.1. The summed E-state index contributed by atoms with van der Waals surface area (Å²) in [5, 5.41) is 3.10. The highest BCUT2D eigenvalue weighted by atomic mass is 35.5. The van der Waals surface area contributed by atoms with Crippen molar-refractivity contribution in [1.29, 1.82) is 0 Å². The number of amides is 2. The summed E-state index contributed by atoms with van der Waals surface area (Å²) in [7, 11) is 3.29. The first-order valence-corrected chi connectivity index (χ1v) is 6.74. The molecule has 110 valence electrons. The van der Waals surface area contributed by atoms with Crippen LogP contribution in [-0.2, 0) is 4.79 Å². The SMILES string of the molecule is CC(CN)CC(=O)Nc1ccc(Cl)c(C(=O)N(C)C)c1. The summed E-state index contributed by atoms with van der Waals surface area (Å²) >= 11 is 6.00. The number of nitrogens with two attached hydrogens (primary N) is 1. The van der Waals surface area contributed by atoms with Crippen molar-refractivity contribution < 1.29 is 9.59 Å². The fraction of sp³-hybridized carbons (Fsp3) is 0.429. The number of nitrogens with one attached hydrogen (secondary N) is 1. The molecule has 0 spiro atoms. The van der Waals surface area contributed by atoms with E-state index in [-0.39, 0.29) is 17.7 Å². The molecule has 0 saturated carbocycles. The van der Waals surface area contributed by atoms with Gasteiger partial charge in [0.1, 0.15) is 0 Å². The van der Waals surface area contributed by atoms with Crippen LogP contribution in [0.15, 0.2) is 18.2 Å². The first-order valence-electron chi connectivity index (χ1n) is 6.36. The van der Waals surface area contributed by atoms with Crippen molar-refractivity contribution in [1.82, 2.24) is 4.90 Å². The summed E-state index contributed by atoms with van der Waals surface area (Å²) in [5.74, 6) is -0.222. The van der Waals surface area contributed by atoms with Gasteiger partial charge < -0.3 is 16.0 Å². The van der Waals surface area contributed by atoms with E-state index >= 15 is 0 Å². The van der Waals surface area contributed by atoms with Gasteiger partial charge in [0.2, 0.25) is 5.91 Å². The lowest BCUT2D eigenvalue weighted by Crippen LogP contribution is -2.23. The Morgan fingerprint density at radius 1 is 1.40 bits per heavy atom. The second-order valence-electron chi connectivity index (χ2n) is 4.99. The third-order valence-electron chi connectivity index (χ3n) is 2.82. The molecule has 1 atom stereocenters. The van der Waals surface area contributed by atoms with E-state index in [0.717, 1.165) is 0 Å². The van der Waals surface area contributed by atoms with Gasteiger partial charge >= 0.3 is 0 Å². The van der Waals surface area contributed by atoms with Gasteiger partial charge in [0.15, 0.2) is 0 Å². The van der Waals surface area contributed by atoms with Crippen LogP contribution in [0.4, 0.5) is 5.69 Å². The summed E-state index contributed by atoms with van der Waals surface area (Å²) in [5.41, 5.74) is 6.40. The van der Waals surface area contributed by atoms with Gasteiger partial charge in [0.05, 0.1) is 10.6 Å². The van der Waals surface area contributed by atoms with Crippen molar-refractivity contribution in [3.63, 3.8) is 0 Å². The van der Waals surface area contributed by atoms with Crippen molar-refractivity contribution in [2.24, 2.45) is 11.7 Å². The summed E-state index contributed by atoms with van der Waals surface area (Å²) in [4.78, 5) is 25.2. The first kappa shape index (κ1) is 16.5. The fourth-order valence-corrected chi connectivity index (χ4v) is 1.82. The second-order valence-corrected chi connectivity index (χ2v) is 5.39. The predicted molar refractivity (Wildman–Crippen MR) is 80.9 cm³/mol. The number of benzene rings is 1.